The van der Waals surface area contributed by atoms with Gasteiger partial charge < -0.3 is 10.2 Å². The first-order chi connectivity index (χ1) is 7.79. The molecule has 94 valence electrons. The molecule has 0 unspecified atom stereocenters. The highest BCUT2D eigenvalue weighted by atomic mass is 32.3. The van der Waals surface area contributed by atoms with E-state index >= 15 is 0 Å². The van der Waals surface area contributed by atoms with Crippen LogP contribution in [0.3, 0.4) is 0 Å². The minimum Gasteiger partial charge on any atom is -0.460 e. The van der Waals surface area contributed by atoms with E-state index in [4.69, 9.17) is 10.2 Å². The fraction of sp³-hybridized carbons (Fsp3) is 0.692. The van der Waals surface area contributed by atoms with Crippen LogP contribution < -0.4 is 5.73 Å². The molecule has 0 atom stereocenters. The summed E-state index contributed by atoms with van der Waals surface area (Å²) < 4.78 is 5.64. The molecule has 1 aromatic rings. The molecule has 0 spiro atoms. The third-order valence-corrected chi connectivity index (χ3v) is 6.88. The SMILES string of the molecule is CCCCS(CN)(CCCC)c1ccco1. The van der Waals surface area contributed by atoms with E-state index in [0.29, 0.717) is 0 Å². The van der Waals surface area contributed by atoms with Crippen molar-refractivity contribution >= 4 is 10.0 Å². The molecule has 0 amide bonds. The first-order valence-electron chi connectivity index (χ1n) is 6.29. The van der Waals surface area contributed by atoms with Crippen molar-refractivity contribution in [2.75, 3.05) is 17.4 Å². The molecule has 16 heavy (non-hydrogen) atoms. The van der Waals surface area contributed by atoms with Gasteiger partial charge in [-0.3, -0.25) is 0 Å². The van der Waals surface area contributed by atoms with Crippen LogP contribution in [0.2, 0.25) is 0 Å². The molecule has 0 aliphatic heterocycles. The van der Waals surface area contributed by atoms with Crippen LogP contribution in [0.4, 0.5) is 0 Å². The molecule has 2 N–H and O–H groups in total. The lowest BCUT2D eigenvalue weighted by molar-refractivity contribution is 0.469. The first kappa shape index (κ1) is 13.7. The summed E-state index contributed by atoms with van der Waals surface area (Å²) in [7, 11) is -0.883. The normalized spacial score (nSPS) is 12.9. The Kier molecular flexibility index (Phi) is 5.99. The first-order valence-corrected chi connectivity index (χ1v) is 8.43. The van der Waals surface area contributed by atoms with E-state index in [9.17, 15) is 0 Å². The predicted octanol–water partition coefficient (Wildman–Crippen LogP) is 3.96. The number of rotatable bonds is 8. The Morgan fingerprint density at radius 3 is 2.19 bits per heavy atom. The highest BCUT2D eigenvalue weighted by molar-refractivity contribution is 8.33. The maximum absolute atomic E-state index is 6.06. The fourth-order valence-corrected chi connectivity index (χ4v) is 5.32. The zero-order chi connectivity index (χ0) is 11.9. The lowest BCUT2D eigenvalue weighted by Crippen LogP contribution is -2.19. The van der Waals surface area contributed by atoms with Gasteiger partial charge in [0, 0.05) is 5.88 Å². The molecule has 0 saturated carbocycles. The van der Waals surface area contributed by atoms with E-state index in [1.54, 1.807) is 6.26 Å². The van der Waals surface area contributed by atoms with E-state index in [1.807, 2.05) is 6.07 Å². The average molecular weight is 243 g/mol. The van der Waals surface area contributed by atoms with Crippen LogP contribution >= 0.6 is 10.0 Å². The summed E-state index contributed by atoms with van der Waals surface area (Å²) in [4.78, 5) is 0. The largest absolute Gasteiger partial charge is 0.460 e. The molecule has 0 aromatic carbocycles. The van der Waals surface area contributed by atoms with Crippen molar-refractivity contribution in [3.05, 3.63) is 18.4 Å². The van der Waals surface area contributed by atoms with Crippen LogP contribution in [0.25, 0.3) is 0 Å². The molecule has 0 aliphatic carbocycles. The fourth-order valence-electron chi connectivity index (χ4n) is 1.90. The Morgan fingerprint density at radius 1 is 1.19 bits per heavy atom. The molecule has 0 aliphatic rings. The van der Waals surface area contributed by atoms with Gasteiger partial charge >= 0.3 is 0 Å². The Morgan fingerprint density at radius 2 is 1.81 bits per heavy atom. The van der Waals surface area contributed by atoms with Crippen molar-refractivity contribution in [2.24, 2.45) is 5.73 Å². The van der Waals surface area contributed by atoms with Crippen LogP contribution in [-0.2, 0) is 0 Å². The van der Waals surface area contributed by atoms with Gasteiger partial charge in [0.25, 0.3) is 0 Å². The van der Waals surface area contributed by atoms with Crippen molar-refractivity contribution in [1.82, 2.24) is 0 Å². The Bertz CT molecular complexity index is 263. The lowest BCUT2D eigenvalue weighted by Gasteiger charge is -2.36. The van der Waals surface area contributed by atoms with Gasteiger partial charge in [-0.05, 0) is 36.5 Å². The van der Waals surface area contributed by atoms with E-state index in [2.05, 4.69) is 19.9 Å². The maximum Gasteiger partial charge on any atom is 0.144 e. The summed E-state index contributed by atoms with van der Waals surface area (Å²) in [5, 5.41) is 1.16. The number of hydrogen-bond acceptors (Lipinski definition) is 2. The van der Waals surface area contributed by atoms with Crippen LogP contribution in [0.1, 0.15) is 39.5 Å². The lowest BCUT2D eigenvalue weighted by atomic mass is 10.4. The van der Waals surface area contributed by atoms with Crippen molar-refractivity contribution in [2.45, 2.75) is 44.6 Å². The van der Waals surface area contributed by atoms with Gasteiger partial charge in [0.2, 0.25) is 0 Å². The molecule has 1 aromatic heterocycles. The van der Waals surface area contributed by atoms with E-state index in [-0.39, 0.29) is 0 Å². The van der Waals surface area contributed by atoms with Gasteiger partial charge in [-0.1, -0.05) is 26.7 Å². The summed E-state index contributed by atoms with van der Waals surface area (Å²) in [5.74, 6) is 3.24. The van der Waals surface area contributed by atoms with Crippen LogP contribution in [-0.4, -0.2) is 17.4 Å². The highest BCUT2D eigenvalue weighted by Gasteiger charge is 2.26. The molecular weight excluding hydrogens is 218 g/mol. The summed E-state index contributed by atoms with van der Waals surface area (Å²) in [5.41, 5.74) is 6.06. The second-order valence-electron chi connectivity index (χ2n) is 4.26. The Balaban J connectivity index is 2.79. The number of nitrogens with two attached hydrogens (primary N) is 1. The molecule has 1 rings (SSSR count). The predicted molar refractivity (Wildman–Crippen MR) is 73.2 cm³/mol. The summed E-state index contributed by atoms with van der Waals surface area (Å²) in [6, 6.07) is 4.11. The number of unbranched alkanes of at least 4 members (excludes halogenated alkanes) is 2. The second-order valence-corrected chi connectivity index (χ2v) is 7.90. The number of furan rings is 1. The second kappa shape index (κ2) is 7.02. The summed E-state index contributed by atoms with van der Waals surface area (Å²) >= 11 is 0. The van der Waals surface area contributed by atoms with Crippen LogP contribution in [0.15, 0.2) is 27.9 Å². The quantitative estimate of drug-likeness (QED) is 0.750. The third-order valence-electron chi connectivity index (χ3n) is 3.02. The van der Waals surface area contributed by atoms with Gasteiger partial charge in [-0.2, -0.15) is 10.0 Å². The molecule has 2 nitrogen and oxygen atoms in total. The molecular formula is C13H25NOS. The number of hydrogen-bond donors (Lipinski definition) is 1. The van der Waals surface area contributed by atoms with E-state index in [0.717, 1.165) is 11.0 Å². The molecule has 0 radical (unpaired) electrons. The molecule has 0 saturated heterocycles. The zero-order valence-electron chi connectivity index (χ0n) is 10.6. The molecule has 0 bridgehead atoms. The Hall–Kier alpha value is -0.410. The highest BCUT2D eigenvalue weighted by Crippen LogP contribution is 2.55. The summed E-state index contributed by atoms with van der Waals surface area (Å²) in [6.45, 7) is 4.48. The van der Waals surface area contributed by atoms with Gasteiger partial charge in [-0.15, -0.1) is 0 Å². The van der Waals surface area contributed by atoms with E-state index in [1.165, 1.54) is 37.2 Å². The monoisotopic (exact) mass is 243 g/mol. The van der Waals surface area contributed by atoms with E-state index < -0.39 is 10.0 Å². The van der Waals surface area contributed by atoms with Crippen molar-refractivity contribution in [3.8, 4) is 0 Å². The average Bonchev–Trinajstić information content (AvgIpc) is 2.84. The zero-order valence-corrected chi connectivity index (χ0v) is 11.4. The minimum absolute atomic E-state index is 0.778. The molecule has 3 heteroatoms. The molecule has 1 heterocycles. The van der Waals surface area contributed by atoms with Gasteiger partial charge in [0.05, 0.1) is 6.26 Å². The molecule has 0 fully saturated rings. The summed E-state index contributed by atoms with van der Waals surface area (Å²) in [6.07, 6.45) is 6.78. The third kappa shape index (κ3) is 3.29. The maximum atomic E-state index is 6.06. The van der Waals surface area contributed by atoms with Crippen molar-refractivity contribution in [1.29, 1.82) is 0 Å². The minimum atomic E-state index is -0.883. The topological polar surface area (TPSA) is 39.2 Å². The van der Waals surface area contributed by atoms with Gasteiger partial charge in [-0.25, -0.2) is 0 Å². The van der Waals surface area contributed by atoms with Crippen LogP contribution in [0.5, 0.6) is 0 Å². The van der Waals surface area contributed by atoms with Gasteiger partial charge in [0.15, 0.2) is 0 Å². The van der Waals surface area contributed by atoms with Crippen molar-refractivity contribution < 1.29 is 4.42 Å². The smallest absolute Gasteiger partial charge is 0.144 e. The van der Waals surface area contributed by atoms with Crippen molar-refractivity contribution in [3.63, 3.8) is 0 Å². The Labute approximate surface area is 101 Å². The van der Waals surface area contributed by atoms with Gasteiger partial charge in [0.1, 0.15) is 5.09 Å². The standard InChI is InChI=1S/C13H25NOS/c1-3-5-10-16(12-14,11-6-4-2)13-8-7-9-15-13/h7-9H,3-6,10-12,14H2,1-2H3. The van der Waals surface area contributed by atoms with Crippen LogP contribution in [0, 0.1) is 0 Å².